The van der Waals surface area contributed by atoms with Gasteiger partial charge in [0.05, 0.1) is 4.90 Å². The maximum absolute atomic E-state index is 12.3. The summed E-state index contributed by atoms with van der Waals surface area (Å²) in [6.07, 6.45) is 4.60. The summed E-state index contributed by atoms with van der Waals surface area (Å²) in [5, 5.41) is 11.9. The molecule has 196 valence electrons. The molecule has 6 rings (SSSR count). The third kappa shape index (κ3) is 4.84. The minimum atomic E-state index is -3.39. The Hall–Kier alpha value is -3.55. The normalized spacial score (nSPS) is 17.4. The lowest BCUT2D eigenvalue weighted by atomic mass is 9.86. The van der Waals surface area contributed by atoms with Crippen molar-refractivity contribution in [2.45, 2.75) is 30.3 Å². The minimum absolute atomic E-state index is 0.204. The third-order valence-electron chi connectivity index (χ3n) is 7.53. The predicted molar refractivity (Wildman–Crippen MR) is 149 cm³/mol. The number of sulfone groups is 1. The van der Waals surface area contributed by atoms with Gasteiger partial charge in [-0.2, -0.15) is 0 Å². The lowest BCUT2D eigenvalue weighted by Crippen LogP contribution is -2.33. The van der Waals surface area contributed by atoms with Crippen LogP contribution in [-0.4, -0.2) is 50.9 Å². The van der Waals surface area contributed by atoms with E-state index in [1.165, 1.54) is 25.5 Å². The fourth-order valence-electron chi connectivity index (χ4n) is 5.55. The van der Waals surface area contributed by atoms with Gasteiger partial charge in [0.25, 0.3) is 0 Å². The van der Waals surface area contributed by atoms with E-state index in [9.17, 15) is 13.5 Å². The topological polar surface area (TPSA) is 76.1 Å². The standard InChI is InChI=1S/C31H31NO5S/c1-38(34,35)25-11-14-27-28-12-7-22-19-23(33)8-13-26(22)30(28)31(37-29(27)20-25)21-5-9-24(10-6-21)36-18-17-32-15-3-2-4-16-32/h5-14,19-20,31,33H,2-4,15-18H2,1H3. The number of ether oxygens (including phenoxy) is 2. The molecule has 0 amide bonds. The summed E-state index contributed by atoms with van der Waals surface area (Å²) in [7, 11) is -3.39. The number of rotatable bonds is 6. The molecule has 4 aromatic rings. The highest BCUT2D eigenvalue weighted by atomic mass is 32.2. The number of hydrogen-bond acceptors (Lipinski definition) is 6. The van der Waals surface area contributed by atoms with E-state index in [1.807, 2.05) is 48.5 Å². The summed E-state index contributed by atoms with van der Waals surface area (Å²) in [5.74, 6) is 1.55. The fourth-order valence-corrected chi connectivity index (χ4v) is 6.18. The van der Waals surface area contributed by atoms with Crippen molar-refractivity contribution >= 4 is 20.6 Å². The van der Waals surface area contributed by atoms with Gasteiger partial charge in [0.1, 0.15) is 23.9 Å². The first kappa shape index (κ1) is 24.8. The second kappa shape index (κ2) is 9.97. The van der Waals surface area contributed by atoms with Crippen molar-refractivity contribution in [3.63, 3.8) is 0 Å². The van der Waals surface area contributed by atoms with Crippen molar-refractivity contribution in [3.05, 3.63) is 83.9 Å². The van der Waals surface area contributed by atoms with Crippen LogP contribution in [0.25, 0.3) is 21.9 Å². The van der Waals surface area contributed by atoms with Gasteiger partial charge in [-0.3, -0.25) is 4.90 Å². The van der Waals surface area contributed by atoms with E-state index in [-0.39, 0.29) is 10.6 Å². The Morgan fingerprint density at radius 2 is 1.68 bits per heavy atom. The monoisotopic (exact) mass is 529 g/mol. The highest BCUT2D eigenvalue weighted by Crippen LogP contribution is 2.48. The molecule has 0 bridgehead atoms. The molecule has 1 atom stereocenters. The van der Waals surface area contributed by atoms with Crippen LogP contribution in [0.2, 0.25) is 0 Å². The van der Waals surface area contributed by atoms with Gasteiger partial charge in [-0.25, -0.2) is 8.42 Å². The molecule has 1 fully saturated rings. The molecule has 0 radical (unpaired) electrons. The molecule has 0 spiro atoms. The molecule has 2 aliphatic rings. The zero-order valence-electron chi connectivity index (χ0n) is 21.4. The molecular formula is C31H31NO5S. The number of phenolic OH excluding ortho intramolecular Hbond substituents is 1. The number of aromatic hydroxyl groups is 1. The molecule has 7 heteroatoms. The van der Waals surface area contributed by atoms with Crippen molar-refractivity contribution < 1.29 is 23.0 Å². The van der Waals surface area contributed by atoms with E-state index in [4.69, 9.17) is 9.47 Å². The van der Waals surface area contributed by atoms with Crippen molar-refractivity contribution in [1.29, 1.82) is 0 Å². The number of phenols is 1. The maximum atomic E-state index is 12.3. The van der Waals surface area contributed by atoms with Gasteiger partial charge in [0, 0.05) is 23.9 Å². The molecule has 6 nitrogen and oxygen atoms in total. The van der Waals surface area contributed by atoms with Crippen LogP contribution in [0, 0.1) is 0 Å². The fraction of sp³-hybridized carbons (Fsp3) is 0.290. The molecule has 38 heavy (non-hydrogen) atoms. The van der Waals surface area contributed by atoms with Gasteiger partial charge < -0.3 is 14.6 Å². The lowest BCUT2D eigenvalue weighted by Gasteiger charge is -2.31. The van der Waals surface area contributed by atoms with E-state index in [1.54, 1.807) is 24.3 Å². The van der Waals surface area contributed by atoms with E-state index in [0.717, 1.165) is 58.4 Å². The summed E-state index contributed by atoms with van der Waals surface area (Å²) in [6, 6.07) is 22.3. The summed E-state index contributed by atoms with van der Waals surface area (Å²) in [4.78, 5) is 2.68. The Kier molecular flexibility index (Phi) is 6.50. The zero-order chi connectivity index (χ0) is 26.3. The van der Waals surface area contributed by atoms with Crippen molar-refractivity contribution in [2.75, 3.05) is 32.5 Å². The van der Waals surface area contributed by atoms with Crippen molar-refractivity contribution in [3.8, 4) is 28.4 Å². The highest BCUT2D eigenvalue weighted by molar-refractivity contribution is 7.90. The number of hydrogen-bond donors (Lipinski definition) is 1. The second-order valence-corrected chi connectivity index (χ2v) is 12.2. The largest absolute Gasteiger partial charge is 0.508 e. The van der Waals surface area contributed by atoms with E-state index in [2.05, 4.69) is 4.90 Å². The number of nitrogens with zero attached hydrogens (tertiary/aromatic N) is 1. The van der Waals surface area contributed by atoms with Crippen LogP contribution in [0.15, 0.2) is 77.7 Å². The van der Waals surface area contributed by atoms with E-state index >= 15 is 0 Å². The molecule has 0 aromatic heterocycles. The molecule has 2 heterocycles. The Morgan fingerprint density at radius 3 is 2.45 bits per heavy atom. The number of piperidine rings is 1. The number of likely N-dealkylation sites (tertiary alicyclic amines) is 1. The molecule has 1 N–H and O–H groups in total. The lowest BCUT2D eigenvalue weighted by molar-refractivity contribution is 0.183. The van der Waals surface area contributed by atoms with Crippen LogP contribution in [-0.2, 0) is 9.84 Å². The van der Waals surface area contributed by atoms with Gasteiger partial charge >= 0.3 is 0 Å². The van der Waals surface area contributed by atoms with Crippen molar-refractivity contribution in [1.82, 2.24) is 4.90 Å². The Morgan fingerprint density at radius 1 is 0.921 bits per heavy atom. The van der Waals surface area contributed by atoms with Crippen LogP contribution in [0.5, 0.6) is 17.2 Å². The quantitative estimate of drug-likeness (QED) is 0.332. The minimum Gasteiger partial charge on any atom is -0.508 e. The average molecular weight is 530 g/mol. The third-order valence-corrected chi connectivity index (χ3v) is 8.64. The summed E-state index contributed by atoms with van der Waals surface area (Å²) < 4.78 is 37.1. The molecule has 4 aromatic carbocycles. The second-order valence-electron chi connectivity index (χ2n) is 10.2. The van der Waals surface area contributed by atoms with E-state index in [0.29, 0.717) is 12.4 Å². The molecule has 1 unspecified atom stereocenters. The maximum Gasteiger partial charge on any atom is 0.175 e. The average Bonchev–Trinajstić information content (AvgIpc) is 2.92. The Labute approximate surface area is 223 Å². The highest BCUT2D eigenvalue weighted by Gasteiger charge is 2.30. The van der Waals surface area contributed by atoms with Crippen LogP contribution >= 0.6 is 0 Å². The first-order valence-corrected chi connectivity index (χ1v) is 15.0. The molecule has 1 saturated heterocycles. The number of benzene rings is 4. The van der Waals surface area contributed by atoms with Crippen LogP contribution in [0.3, 0.4) is 0 Å². The van der Waals surface area contributed by atoms with Gasteiger partial charge in [-0.05, 0) is 90.3 Å². The van der Waals surface area contributed by atoms with Crippen LogP contribution in [0.4, 0.5) is 0 Å². The summed E-state index contributed by atoms with van der Waals surface area (Å²) in [6.45, 7) is 3.88. The molecule has 0 aliphatic carbocycles. The first-order chi connectivity index (χ1) is 18.4. The summed E-state index contributed by atoms with van der Waals surface area (Å²) in [5.41, 5.74) is 3.75. The van der Waals surface area contributed by atoms with Crippen LogP contribution in [0.1, 0.15) is 36.5 Å². The first-order valence-electron chi connectivity index (χ1n) is 13.1. The SMILES string of the molecule is CS(=O)(=O)c1ccc2c(c1)OC(c1ccc(OCCN3CCCCC3)cc1)c1c-2ccc2cc(O)ccc12. The van der Waals surface area contributed by atoms with Gasteiger partial charge in [0.2, 0.25) is 0 Å². The van der Waals surface area contributed by atoms with Gasteiger partial charge in [-0.1, -0.05) is 36.8 Å². The van der Waals surface area contributed by atoms with Gasteiger partial charge in [0.15, 0.2) is 15.9 Å². The van der Waals surface area contributed by atoms with Crippen molar-refractivity contribution in [2.24, 2.45) is 0 Å². The van der Waals surface area contributed by atoms with Gasteiger partial charge in [-0.15, -0.1) is 0 Å². The molecule has 2 aliphatic heterocycles. The predicted octanol–water partition coefficient (Wildman–Crippen LogP) is 5.96. The van der Waals surface area contributed by atoms with E-state index < -0.39 is 15.9 Å². The zero-order valence-corrected chi connectivity index (χ0v) is 22.2. The smallest absolute Gasteiger partial charge is 0.175 e. The molecule has 0 saturated carbocycles. The Bertz CT molecular complexity index is 1590. The summed E-state index contributed by atoms with van der Waals surface area (Å²) >= 11 is 0. The Balaban J connectivity index is 1.35. The van der Waals surface area contributed by atoms with Crippen LogP contribution < -0.4 is 9.47 Å². The number of fused-ring (bicyclic) bond motifs is 5. The molecular weight excluding hydrogens is 498 g/mol.